The topological polar surface area (TPSA) is 27.7 Å². The largest absolute Gasteiger partial charge is 0.497 e. The van der Waals surface area contributed by atoms with Gasteiger partial charge in [-0.2, -0.15) is 0 Å². The molecule has 3 aromatic rings. The van der Waals surface area contributed by atoms with E-state index in [0.29, 0.717) is 0 Å². The maximum absolute atomic E-state index is 5.38. The Balaban J connectivity index is 1.95. The highest BCUT2D eigenvalue weighted by atomic mass is 32.1. The SMILES string of the molecule is COc1cccc(-c2ccc(-c3ccc(OC)c(OC)c3)s2)c1. The Morgan fingerprint density at radius 3 is 2.00 bits per heavy atom. The third-order valence-corrected chi connectivity index (χ3v) is 4.81. The van der Waals surface area contributed by atoms with Crippen molar-refractivity contribution in [1.82, 2.24) is 0 Å². The van der Waals surface area contributed by atoms with E-state index in [-0.39, 0.29) is 0 Å². The molecule has 118 valence electrons. The van der Waals surface area contributed by atoms with Crippen LogP contribution in [0.4, 0.5) is 0 Å². The van der Waals surface area contributed by atoms with Crippen molar-refractivity contribution in [3.05, 3.63) is 54.6 Å². The molecule has 23 heavy (non-hydrogen) atoms. The van der Waals surface area contributed by atoms with E-state index in [1.165, 1.54) is 9.75 Å². The van der Waals surface area contributed by atoms with Crippen LogP contribution in [0.15, 0.2) is 54.6 Å². The van der Waals surface area contributed by atoms with E-state index in [1.54, 1.807) is 32.7 Å². The molecule has 3 rings (SSSR count). The molecule has 0 aliphatic rings. The van der Waals surface area contributed by atoms with Crippen LogP contribution in [0.25, 0.3) is 20.9 Å². The van der Waals surface area contributed by atoms with Crippen molar-refractivity contribution in [2.24, 2.45) is 0 Å². The summed E-state index contributed by atoms with van der Waals surface area (Å²) in [5.41, 5.74) is 2.27. The number of hydrogen-bond acceptors (Lipinski definition) is 4. The molecule has 1 aromatic heterocycles. The highest BCUT2D eigenvalue weighted by Crippen LogP contribution is 2.38. The second-order valence-electron chi connectivity index (χ2n) is 4.97. The van der Waals surface area contributed by atoms with Crippen LogP contribution in [-0.4, -0.2) is 21.3 Å². The summed E-state index contributed by atoms with van der Waals surface area (Å²) in [6.45, 7) is 0. The smallest absolute Gasteiger partial charge is 0.161 e. The zero-order valence-corrected chi connectivity index (χ0v) is 14.1. The van der Waals surface area contributed by atoms with Gasteiger partial charge in [0.2, 0.25) is 0 Å². The average molecular weight is 326 g/mol. The summed E-state index contributed by atoms with van der Waals surface area (Å²) in [5, 5.41) is 0. The third-order valence-electron chi connectivity index (χ3n) is 3.63. The van der Waals surface area contributed by atoms with Gasteiger partial charge in [0.25, 0.3) is 0 Å². The van der Waals surface area contributed by atoms with E-state index < -0.39 is 0 Å². The first-order valence-corrected chi connectivity index (χ1v) is 8.03. The van der Waals surface area contributed by atoms with Gasteiger partial charge in [0.1, 0.15) is 5.75 Å². The first-order valence-electron chi connectivity index (χ1n) is 7.22. The quantitative estimate of drug-likeness (QED) is 0.652. The average Bonchev–Trinajstić information content (AvgIpc) is 3.11. The van der Waals surface area contributed by atoms with Crippen molar-refractivity contribution in [3.8, 4) is 38.1 Å². The van der Waals surface area contributed by atoms with Crippen molar-refractivity contribution < 1.29 is 14.2 Å². The molecule has 0 N–H and O–H groups in total. The Hall–Kier alpha value is -2.46. The summed E-state index contributed by atoms with van der Waals surface area (Å²) in [5.74, 6) is 2.34. The molecule has 0 amide bonds. The van der Waals surface area contributed by atoms with Crippen LogP contribution in [0.2, 0.25) is 0 Å². The molecule has 0 aliphatic heterocycles. The zero-order valence-electron chi connectivity index (χ0n) is 13.3. The van der Waals surface area contributed by atoms with E-state index in [9.17, 15) is 0 Å². The molecule has 1 heterocycles. The lowest BCUT2D eigenvalue weighted by atomic mass is 10.1. The van der Waals surface area contributed by atoms with Gasteiger partial charge in [-0.1, -0.05) is 12.1 Å². The fourth-order valence-corrected chi connectivity index (χ4v) is 3.41. The normalized spacial score (nSPS) is 10.4. The summed E-state index contributed by atoms with van der Waals surface area (Å²) in [7, 11) is 4.98. The minimum absolute atomic E-state index is 0.737. The maximum Gasteiger partial charge on any atom is 0.161 e. The highest BCUT2D eigenvalue weighted by Gasteiger charge is 2.09. The summed E-state index contributed by atoms with van der Waals surface area (Å²) < 4.78 is 16.0. The van der Waals surface area contributed by atoms with Gasteiger partial charge in [-0.25, -0.2) is 0 Å². The van der Waals surface area contributed by atoms with Gasteiger partial charge in [0, 0.05) is 9.75 Å². The van der Waals surface area contributed by atoms with E-state index in [0.717, 1.165) is 28.4 Å². The maximum atomic E-state index is 5.38. The first kappa shape index (κ1) is 15.4. The third kappa shape index (κ3) is 3.17. The van der Waals surface area contributed by atoms with Gasteiger partial charge in [0.05, 0.1) is 21.3 Å². The molecule has 0 aliphatic carbocycles. The van der Waals surface area contributed by atoms with Crippen molar-refractivity contribution in [1.29, 1.82) is 0 Å². The predicted molar refractivity (Wildman–Crippen MR) is 94.8 cm³/mol. The highest BCUT2D eigenvalue weighted by molar-refractivity contribution is 7.18. The Bertz CT molecular complexity index is 808. The van der Waals surface area contributed by atoms with Crippen LogP contribution in [0.5, 0.6) is 17.2 Å². The molecule has 3 nitrogen and oxygen atoms in total. The van der Waals surface area contributed by atoms with Gasteiger partial charge >= 0.3 is 0 Å². The van der Waals surface area contributed by atoms with Gasteiger partial charge in [-0.3, -0.25) is 0 Å². The Labute approximate surface area is 140 Å². The van der Waals surface area contributed by atoms with E-state index in [1.807, 2.05) is 36.4 Å². The number of hydrogen-bond donors (Lipinski definition) is 0. The number of thiophene rings is 1. The molecule has 0 saturated carbocycles. The lowest BCUT2D eigenvalue weighted by Gasteiger charge is -2.08. The van der Waals surface area contributed by atoms with Crippen molar-refractivity contribution >= 4 is 11.3 Å². The van der Waals surface area contributed by atoms with E-state index in [4.69, 9.17) is 14.2 Å². The number of rotatable bonds is 5. The molecule has 0 radical (unpaired) electrons. The van der Waals surface area contributed by atoms with Crippen molar-refractivity contribution in [2.75, 3.05) is 21.3 Å². The summed E-state index contributed by atoms with van der Waals surface area (Å²) in [4.78, 5) is 2.39. The number of ether oxygens (including phenoxy) is 3. The van der Waals surface area contributed by atoms with Gasteiger partial charge in [0.15, 0.2) is 11.5 Å². The van der Waals surface area contributed by atoms with Crippen LogP contribution in [-0.2, 0) is 0 Å². The minimum atomic E-state index is 0.737. The van der Waals surface area contributed by atoms with Crippen LogP contribution in [0.3, 0.4) is 0 Å². The molecule has 2 aromatic carbocycles. The number of benzene rings is 2. The van der Waals surface area contributed by atoms with Gasteiger partial charge < -0.3 is 14.2 Å². The molecular formula is C19H18O3S. The van der Waals surface area contributed by atoms with Crippen LogP contribution < -0.4 is 14.2 Å². The molecule has 0 unspecified atom stereocenters. The van der Waals surface area contributed by atoms with E-state index >= 15 is 0 Å². The Morgan fingerprint density at radius 2 is 1.35 bits per heavy atom. The Kier molecular flexibility index (Phi) is 4.53. The lowest BCUT2D eigenvalue weighted by Crippen LogP contribution is -1.90. The lowest BCUT2D eigenvalue weighted by molar-refractivity contribution is 0.355. The van der Waals surface area contributed by atoms with Crippen LogP contribution >= 0.6 is 11.3 Å². The summed E-state index contributed by atoms with van der Waals surface area (Å²) >= 11 is 1.74. The molecular weight excluding hydrogens is 308 g/mol. The monoisotopic (exact) mass is 326 g/mol. The number of methoxy groups -OCH3 is 3. The van der Waals surface area contributed by atoms with Gasteiger partial charge in [-0.05, 0) is 53.6 Å². The van der Waals surface area contributed by atoms with Crippen molar-refractivity contribution in [3.63, 3.8) is 0 Å². The second-order valence-corrected chi connectivity index (χ2v) is 6.05. The zero-order chi connectivity index (χ0) is 16.2. The minimum Gasteiger partial charge on any atom is -0.497 e. The second kappa shape index (κ2) is 6.75. The van der Waals surface area contributed by atoms with Gasteiger partial charge in [-0.15, -0.1) is 11.3 Å². The molecule has 0 spiro atoms. The van der Waals surface area contributed by atoms with Crippen LogP contribution in [0.1, 0.15) is 0 Å². The molecule has 4 heteroatoms. The molecule has 0 saturated heterocycles. The predicted octanol–water partition coefficient (Wildman–Crippen LogP) is 5.11. The Morgan fingerprint density at radius 1 is 0.652 bits per heavy atom. The fourth-order valence-electron chi connectivity index (χ4n) is 2.41. The fraction of sp³-hybridized carbons (Fsp3) is 0.158. The molecule has 0 fully saturated rings. The first-order chi connectivity index (χ1) is 11.2. The summed E-state index contributed by atoms with van der Waals surface area (Å²) in [6, 6.07) is 18.3. The van der Waals surface area contributed by atoms with Crippen molar-refractivity contribution in [2.45, 2.75) is 0 Å². The molecule has 0 atom stereocenters. The van der Waals surface area contributed by atoms with Crippen LogP contribution in [0, 0.1) is 0 Å². The molecule has 0 bridgehead atoms. The standard InChI is InChI=1S/C19H18O3S/c1-20-15-6-4-5-13(11-15)18-9-10-19(23-18)14-7-8-16(21-2)17(12-14)22-3/h4-12H,1-3H3. The van der Waals surface area contributed by atoms with E-state index in [2.05, 4.69) is 18.2 Å². The summed E-state index contributed by atoms with van der Waals surface area (Å²) in [6.07, 6.45) is 0.